The Hall–Kier alpha value is -2.37. The zero-order chi connectivity index (χ0) is 13.7. The van der Waals surface area contributed by atoms with Crippen molar-refractivity contribution in [2.45, 2.75) is 13.3 Å². The third-order valence-corrected chi connectivity index (χ3v) is 2.49. The molecule has 0 saturated heterocycles. The van der Waals surface area contributed by atoms with E-state index in [1.54, 1.807) is 36.1 Å². The lowest BCUT2D eigenvalue weighted by Crippen LogP contribution is -2.15. The van der Waals surface area contributed by atoms with Crippen molar-refractivity contribution in [3.05, 3.63) is 36.2 Å². The Morgan fingerprint density at radius 1 is 1.32 bits per heavy atom. The van der Waals surface area contributed by atoms with Gasteiger partial charge in [-0.25, -0.2) is 4.98 Å². The third kappa shape index (κ3) is 3.54. The molecule has 0 spiro atoms. The van der Waals surface area contributed by atoms with Gasteiger partial charge >= 0.3 is 0 Å². The quantitative estimate of drug-likeness (QED) is 0.860. The minimum Gasteiger partial charge on any atom is -0.370 e. The number of carbonyl (C=O) groups is 1. The summed E-state index contributed by atoms with van der Waals surface area (Å²) in [6.07, 6.45) is 2.77. The van der Waals surface area contributed by atoms with Crippen LogP contribution in [0.25, 0.3) is 0 Å². The molecule has 2 N–H and O–H groups in total. The molecule has 2 aromatic rings. The zero-order valence-electron chi connectivity index (χ0n) is 11.1. The lowest BCUT2D eigenvalue weighted by molar-refractivity contribution is 0.102. The molecular formula is C13H17N5O. The van der Waals surface area contributed by atoms with Gasteiger partial charge in [0.15, 0.2) is 5.82 Å². The predicted octanol–water partition coefficient (Wildman–Crippen LogP) is 1.89. The monoisotopic (exact) mass is 259 g/mol. The lowest BCUT2D eigenvalue weighted by Gasteiger charge is -2.06. The fourth-order valence-corrected chi connectivity index (χ4v) is 1.57. The van der Waals surface area contributed by atoms with Crippen LogP contribution in [-0.4, -0.2) is 27.2 Å². The summed E-state index contributed by atoms with van der Waals surface area (Å²) in [6, 6.07) is 7.05. The Bertz CT molecular complexity index is 564. The highest BCUT2D eigenvalue weighted by Crippen LogP contribution is 2.08. The van der Waals surface area contributed by atoms with Crippen LogP contribution in [0.2, 0.25) is 0 Å². The van der Waals surface area contributed by atoms with Crippen molar-refractivity contribution in [2.75, 3.05) is 17.2 Å². The van der Waals surface area contributed by atoms with Crippen LogP contribution < -0.4 is 10.6 Å². The number of pyridine rings is 1. The zero-order valence-corrected chi connectivity index (χ0v) is 11.1. The first-order chi connectivity index (χ1) is 9.19. The molecule has 6 heteroatoms. The first-order valence-electron chi connectivity index (χ1n) is 6.21. The van der Waals surface area contributed by atoms with E-state index < -0.39 is 0 Å². The predicted molar refractivity (Wildman–Crippen MR) is 74.2 cm³/mol. The molecule has 0 radical (unpaired) electrons. The largest absolute Gasteiger partial charge is 0.370 e. The molecule has 1 amide bonds. The third-order valence-electron chi connectivity index (χ3n) is 2.49. The molecule has 100 valence electrons. The number of carbonyl (C=O) groups excluding carboxylic acids is 1. The van der Waals surface area contributed by atoms with Crippen molar-refractivity contribution in [3.8, 4) is 0 Å². The van der Waals surface area contributed by atoms with Crippen molar-refractivity contribution >= 4 is 17.5 Å². The number of amides is 1. The van der Waals surface area contributed by atoms with Gasteiger partial charge in [0.2, 0.25) is 0 Å². The van der Waals surface area contributed by atoms with Crippen molar-refractivity contribution < 1.29 is 4.79 Å². The van der Waals surface area contributed by atoms with E-state index in [0.29, 0.717) is 17.3 Å². The number of hydrogen-bond donors (Lipinski definition) is 2. The Morgan fingerprint density at radius 2 is 2.16 bits per heavy atom. The van der Waals surface area contributed by atoms with Crippen molar-refractivity contribution in [3.63, 3.8) is 0 Å². The van der Waals surface area contributed by atoms with E-state index in [0.717, 1.165) is 13.0 Å². The summed E-state index contributed by atoms with van der Waals surface area (Å²) in [7, 11) is 1.79. The Morgan fingerprint density at radius 3 is 2.84 bits per heavy atom. The van der Waals surface area contributed by atoms with Gasteiger partial charge in [-0.2, -0.15) is 5.10 Å². The second-order valence-electron chi connectivity index (χ2n) is 4.16. The van der Waals surface area contributed by atoms with Crippen LogP contribution in [0.1, 0.15) is 23.8 Å². The maximum absolute atomic E-state index is 12.0. The first-order valence-corrected chi connectivity index (χ1v) is 6.21. The van der Waals surface area contributed by atoms with Crippen LogP contribution in [0, 0.1) is 0 Å². The molecule has 19 heavy (non-hydrogen) atoms. The summed E-state index contributed by atoms with van der Waals surface area (Å²) in [5, 5.41) is 9.94. The van der Waals surface area contributed by atoms with E-state index in [9.17, 15) is 4.79 Å². The number of nitrogens with one attached hydrogen (secondary N) is 2. The van der Waals surface area contributed by atoms with E-state index in [1.165, 1.54) is 0 Å². The van der Waals surface area contributed by atoms with Gasteiger partial charge in [0.05, 0.1) is 0 Å². The number of nitrogens with zero attached hydrogens (tertiary/aromatic N) is 3. The molecular weight excluding hydrogens is 242 g/mol. The van der Waals surface area contributed by atoms with Crippen LogP contribution in [0.5, 0.6) is 0 Å². The van der Waals surface area contributed by atoms with Gasteiger partial charge in [-0.3, -0.25) is 9.48 Å². The van der Waals surface area contributed by atoms with Gasteiger partial charge < -0.3 is 10.6 Å². The molecule has 2 rings (SSSR count). The van der Waals surface area contributed by atoms with Crippen molar-refractivity contribution in [1.82, 2.24) is 14.8 Å². The highest BCUT2D eigenvalue weighted by molar-refractivity contribution is 6.02. The van der Waals surface area contributed by atoms with Crippen LogP contribution in [0.15, 0.2) is 30.5 Å². The summed E-state index contributed by atoms with van der Waals surface area (Å²) in [5.41, 5.74) is 0.367. The summed E-state index contributed by atoms with van der Waals surface area (Å²) in [4.78, 5) is 16.3. The van der Waals surface area contributed by atoms with Crippen molar-refractivity contribution in [1.29, 1.82) is 0 Å². The number of rotatable bonds is 5. The fourth-order valence-electron chi connectivity index (χ4n) is 1.57. The molecule has 0 aliphatic rings. The topological polar surface area (TPSA) is 71.8 Å². The van der Waals surface area contributed by atoms with E-state index in [1.807, 2.05) is 6.07 Å². The molecule has 6 nitrogen and oxygen atoms in total. The van der Waals surface area contributed by atoms with Gasteiger partial charge in [-0.1, -0.05) is 13.0 Å². The van der Waals surface area contributed by atoms with Gasteiger partial charge in [0, 0.05) is 25.9 Å². The second-order valence-corrected chi connectivity index (χ2v) is 4.16. The molecule has 0 saturated carbocycles. The summed E-state index contributed by atoms with van der Waals surface area (Å²) in [5.74, 6) is 0.954. The van der Waals surface area contributed by atoms with E-state index in [2.05, 4.69) is 27.6 Å². The molecule has 0 bridgehead atoms. The van der Waals surface area contributed by atoms with Crippen LogP contribution >= 0.6 is 0 Å². The number of aryl methyl sites for hydroxylation is 1. The highest BCUT2D eigenvalue weighted by atomic mass is 16.2. The molecule has 0 atom stereocenters. The van der Waals surface area contributed by atoms with Crippen LogP contribution in [0.4, 0.5) is 11.6 Å². The first kappa shape index (κ1) is 13.1. The Kier molecular flexibility index (Phi) is 4.12. The minimum absolute atomic E-state index is 0.265. The highest BCUT2D eigenvalue weighted by Gasteiger charge is 2.09. The standard InChI is InChI=1S/C13H17N5O/c1-3-8-14-11-6-4-5-10(15-11)13(19)16-12-7-9-18(2)17-12/h4-7,9H,3,8H2,1-2H3,(H,14,15)(H,16,17,19). The maximum Gasteiger partial charge on any atom is 0.275 e. The van der Waals surface area contributed by atoms with Gasteiger partial charge in [-0.15, -0.1) is 0 Å². The van der Waals surface area contributed by atoms with E-state index in [4.69, 9.17) is 0 Å². The fraction of sp³-hybridized carbons (Fsp3) is 0.308. The van der Waals surface area contributed by atoms with Gasteiger partial charge in [-0.05, 0) is 18.6 Å². The Labute approximate surface area is 111 Å². The molecule has 0 unspecified atom stereocenters. The maximum atomic E-state index is 12.0. The van der Waals surface area contributed by atoms with E-state index in [-0.39, 0.29) is 5.91 Å². The summed E-state index contributed by atoms with van der Waals surface area (Å²) in [6.45, 7) is 2.91. The summed E-state index contributed by atoms with van der Waals surface area (Å²) < 4.78 is 1.63. The summed E-state index contributed by atoms with van der Waals surface area (Å²) >= 11 is 0. The SMILES string of the molecule is CCCNc1cccc(C(=O)Nc2ccn(C)n2)n1. The van der Waals surface area contributed by atoms with Crippen LogP contribution in [-0.2, 0) is 7.05 Å². The molecule has 0 aliphatic carbocycles. The molecule has 0 aliphatic heterocycles. The second kappa shape index (κ2) is 5.99. The molecule has 0 fully saturated rings. The average molecular weight is 259 g/mol. The average Bonchev–Trinajstić information content (AvgIpc) is 2.82. The lowest BCUT2D eigenvalue weighted by atomic mass is 10.3. The number of anilines is 2. The molecule has 2 heterocycles. The Balaban J connectivity index is 2.06. The number of aromatic nitrogens is 3. The van der Waals surface area contributed by atoms with E-state index >= 15 is 0 Å². The number of hydrogen-bond acceptors (Lipinski definition) is 4. The molecule has 2 aromatic heterocycles. The minimum atomic E-state index is -0.265. The van der Waals surface area contributed by atoms with Crippen LogP contribution in [0.3, 0.4) is 0 Å². The smallest absolute Gasteiger partial charge is 0.275 e. The molecule has 0 aromatic carbocycles. The normalized spacial score (nSPS) is 10.2. The van der Waals surface area contributed by atoms with Gasteiger partial charge in [0.25, 0.3) is 5.91 Å². The van der Waals surface area contributed by atoms with Crippen molar-refractivity contribution in [2.24, 2.45) is 7.05 Å². The van der Waals surface area contributed by atoms with Gasteiger partial charge in [0.1, 0.15) is 11.5 Å².